The number of thioether (sulfide) groups is 1. The number of methoxy groups -OCH3 is 2. The van der Waals surface area contributed by atoms with E-state index < -0.39 is 23.8 Å². The summed E-state index contributed by atoms with van der Waals surface area (Å²) in [6.07, 6.45) is 0.889. The van der Waals surface area contributed by atoms with E-state index >= 15 is 0 Å². The summed E-state index contributed by atoms with van der Waals surface area (Å²) in [5, 5.41) is 6.23. The zero-order valence-electron chi connectivity index (χ0n) is 16.7. The summed E-state index contributed by atoms with van der Waals surface area (Å²) in [4.78, 5) is 48.2. The van der Waals surface area contributed by atoms with Gasteiger partial charge < -0.3 is 9.47 Å². The van der Waals surface area contributed by atoms with Crippen molar-refractivity contribution in [1.29, 1.82) is 0 Å². The van der Waals surface area contributed by atoms with E-state index in [0.29, 0.717) is 22.9 Å². The first-order valence-corrected chi connectivity index (χ1v) is 9.61. The Morgan fingerprint density at radius 3 is 1.90 bits per heavy atom. The topological polar surface area (TPSA) is 123 Å². The molecule has 2 rings (SSSR count). The largest absolute Gasteiger partial charge is 0.466 e. The third kappa shape index (κ3) is 7.44. The number of ether oxygens (including phenoxy) is 2. The monoisotopic (exact) mass is 441 g/mol. The summed E-state index contributed by atoms with van der Waals surface area (Å²) in [7, 11) is 2.27. The van der Waals surface area contributed by atoms with Crippen LogP contribution in [0.15, 0.2) is 76.7 Å². The Hall–Kier alpha value is -3.92. The van der Waals surface area contributed by atoms with Crippen molar-refractivity contribution in [1.82, 2.24) is 10.7 Å². The van der Waals surface area contributed by atoms with Gasteiger partial charge in [0.05, 0.1) is 14.2 Å². The fourth-order valence-electron chi connectivity index (χ4n) is 2.09. The van der Waals surface area contributed by atoms with Crippen LogP contribution in [0, 0.1) is 0 Å². The Kier molecular flexibility index (Phi) is 8.99. The smallest absolute Gasteiger partial charge is 0.345 e. The van der Waals surface area contributed by atoms with Crippen LogP contribution in [-0.4, -0.2) is 43.1 Å². The van der Waals surface area contributed by atoms with E-state index in [0.717, 1.165) is 20.3 Å². The van der Waals surface area contributed by atoms with Crippen molar-refractivity contribution in [3.05, 3.63) is 82.8 Å². The van der Waals surface area contributed by atoms with Gasteiger partial charge in [-0.1, -0.05) is 36.4 Å². The molecule has 0 saturated heterocycles. The number of carbonyl (C=O) groups is 4. The lowest BCUT2D eigenvalue weighted by Crippen LogP contribution is -2.32. The summed E-state index contributed by atoms with van der Waals surface area (Å²) >= 11 is 0.615. The highest BCUT2D eigenvalue weighted by Gasteiger charge is 2.19. The van der Waals surface area contributed by atoms with Gasteiger partial charge in [0, 0.05) is 17.2 Å². The summed E-state index contributed by atoms with van der Waals surface area (Å²) in [6.45, 7) is 0. The zero-order valence-corrected chi connectivity index (χ0v) is 17.5. The lowest BCUT2D eigenvalue weighted by atomic mass is 10.2. The van der Waals surface area contributed by atoms with Crippen LogP contribution in [0.5, 0.6) is 0 Å². The van der Waals surface area contributed by atoms with Gasteiger partial charge >= 0.3 is 11.9 Å². The van der Waals surface area contributed by atoms with Crippen LogP contribution in [0.4, 0.5) is 0 Å². The Morgan fingerprint density at radius 1 is 0.839 bits per heavy atom. The molecule has 2 aromatic rings. The molecule has 2 amide bonds. The van der Waals surface area contributed by atoms with Crippen molar-refractivity contribution in [2.75, 3.05) is 14.2 Å². The van der Waals surface area contributed by atoms with Crippen LogP contribution in [-0.2, 0) is 19.1 Å². The molecule has 31 heavy (non-hydrogen) atoms. The molecule has 0 saturated carbocycles. The Bertz CT molecular complexity index is 1010. The third-order valence-electron chi connectivity index (χ3n) is 3.59. The molecule has 0 aliphatic heterocycles. The van der Waals surface area contributed by atoms with Gasteiger partial charge in [-0.15, -0.1) is 5.10 Å². The van der Waals surface area contributed by atoms with Gasteiger partial charge in [-0.3, -0.25) is 14.9 Å². The van der Waals surface area contributed by atoms with Crippen molar-refractivity contribution >= 4 is 40.7 Å². The first-order valence-electron chi connectivity index (χ1n) is 8.80. The van der Waals surface area contributed by atoms with Crippen LogP contribution in [0.3, 0.4) is 0 Å². The summed E-state index contributed by atoms with van der Waals surface area (Å²) in [6, 6.07) is 16.5. The van der Waals surface area contributed by atoms with Crippen LogP contribution in [0.1, 0.15) is 20.7 Å². The molecule has 9 nitrogen and oxygen atoms in total. The first-order chi connectivity index (χ1) is 14.9. The maximum absolute atomic E-state index is 12.5. The second-order valence-electron chi connectivity index (χ2n) is 5.67. The number of amides is 2. The second-order valence-corrected chi connectivity index (χ2v) is 6.70. The Labute approximate surface area is 182 Å². The van der Waals surface area contributed by atoms with Crippen molar-refractivity contribution in [2.45, 2.75) is 0 Å². The van der Waals surface area contributed by atoms with Crippen molar-refractivity contribution in [3.63, 3.8) is 0 Å². The quantitative estimate of drug-likeness (QED) is 0.231. The number of hydrazone groups is 1. The molecule has 0 fully saturated rings. The molecule has 160 valence electrons. The average Bonchev–Trinajstić information content (AvgIpc) is 2.82. The molecule has 0 spiro atoms. The average molecular weight is 441 g/mol. The van der Waals surface area contributed by atoms with Gasteiger partial charge in [0.1, 0.15) is 4.91 Å². The van der Waals surface area contributed by atoms with Crippen LogP contribution in [0.25, 0.3) is 0 Å². The van der Waals surface area contributed by atoms with Gasteiger partial charge in [-0.2, -0.15) is 0 Å². The SMILES string of the molecule is COC(=O)/C=C(/S/C(=N\NC(=O)c1ccccc1)NC(=O)c1ccccc1)C(=O)OC. The molecular weight excluding hydrogens is 422 g/mol. The normalized spacial score (nSPS) is 11.3. The highest BCUT2D eigenvalue weighted by Crippen LogP contribution is 2.19. The molecule has 0 unspecified atom stereocenters. The number of nitrogens with zero attached hydrogens (tertiary/aromatic N) is 1. The van der Waals surface area contributed by atoms with Crippen LogP contribution in [0.2, 0.25) is 0 Å². The van der Waals surface area contributed by atoms with E-state index in [-0.39, 0.29) is 10.1 Å². The molecule has 0 aliphatic rings. The lowest BCUT2D eigenvalue weighted by molar-refractivity contribution is -0.137. The molecule has 0 aromatic heterocycles. The highest BCUT2D eigenvalue weighted by molar-refractivity contribution is 8.17. The van der Waals surface area contributed by atoms with Gasteiger partial charge in [-0.05, 0) is 36.0 Å². The molecule has 2 N–H and O–H groups in total. The number of carbonyl (C=O) groups excluding carboxylic acids is 4. The summed E-state index contributed by atoms with van der Waals surface area (Å²) < 4.78 is 9.18. The molecule has 0 bridgehead atoms. The predicted molar refractivity (Wildman–Crippen MR) is 115 cm³/mol. The minimum atomic E-state index is -0.855. The van der Waals surface area contributed by atoms with Gasteiger partial charge in [0.2, 0.25) is 0 Å². The standard InChI is InChI=1S/C21H19N3O6S/c1-29-17(25)13-16(20(28)30-2)31-21(22-18(26)14-9-5-3-6-10-14)24-23-19(27)15-11-7-4-8-12-15/h3-13H,1-2H3,(H,23,27)(H,22,24,26)/b16-13+. The number of amidine groups is 1. The van der Waals surface area contributed by atoms with Crippen LogP contribution >= 0.6 is 11.8 Å². The van der Waals surface area contributed by atoms with E-state index in [9.17, 15) is 19.2 Å². The molecule has 10 heteroatoms. The fourth-order valence-corrected chi connectivity index (χ4v) is 2.86. The molecule has 0 heterocycles. The lowest BCUT2D eigenvalue weighted by Gasteiger charge is -2.10. The van der Waals surface area contributed by atoms with Gasteiger partial charge in [0.15, 0.2) is 5.17 Å². The first kappa shape index (κ1) is 23.4. The molecule has 0 aliphatic carbocycles. The minimum Gasteiger partial charge on any atom is -0.466 e. The fraction of sp³-hybridized carbons (Fsp3) is 0.0952. The predicted octanol–water partition coefficient (Wildman–Crippen LogP) is 2.08. The third-order valence-corrected chi connectivity index (χ3v) is 4.49. The van der Waals surface area contributed by atoms with Gasteiger partial charge in [-0.25, -0.2) is 15.0 Å². The highest BCUT2D eigenvalue weighted by atomic mass is 32.2. The zero-order chi connectivity index (χ0) is 22.6. The molecular formula is C21H19N3O6S. The number of nitrogens with one attached hydrogen (secondary N) is 2. The maximum atomic E-state index is 12.5. The van der Waals surface area contributed by atoms with E-state index in [2.05, 4.69) is 25.3 Å². The number of hydrogen-bond acceptors (Lipinski definition) is 8. The minimum absolute atomic E-state index is 0.168. The Morgan fingerprint density at radius 2 is 1.39 bits per heavy atom. The number of esters is 2. The second kappa shape index (κ2) is 11.9. The van der Waals surface area contributed by atoms with Crippen molar-refractivity contribution in [3.8, 4) is 0 Å². The van der Waals surface area contributed by atoms with E-state index in [1.807, 2.05) is 0 Å². The number of benzene rings is 2. The van der Waals surface area contributed by atoms with E-state index in [1.54, 1.807) is 60.7 Å². The van der Waals surface area contributed by atoms with Crippen LogP contribution < -0.4 is 10.7 Å². The maximum Gasteiger partial charge on any atom is 0.345 e. The Balaban J connectivity index is 2.30. The van der Waals surface area contributed by atoms with Gasteiger partial charge in [0.25, 0.3) is 11.8 Å². The van der Waals surface area contributed by atoms with Crippen molar-refractivity contribution in [2.24, 2.45) is 5.10 Å². The number of hydrogen-bond donors (Lipinski definition) is 2. The molecule has 2 aromatic carbocycles. The molecule has 0 atom stereocenters. The summed E-state index contributed by atoms with van der Waals surface area (Å²) in [5.74, 6) is -2.74. The summed E-state index contributed by atoms with van der Waals surface area (Å²) in [5.41, 5.74) is 2.96. The van der Waals surface area contributed by atoms with Crippen molar-refractivity contribution < 1.29 is 28.7 Å². The van der Waals surface area contributed by atoms with E-state index in [1.165, 1.54) is 0 Å². The molecule has 0 radical (unpaired) electrons. The van der Waals surface area contributed by atoms with E-state index in [4.69, 9.17) is 0 Å². The number of rotatable bonds is 6.